The summed E-state index contributed by atoms with van der Waals surface area (Å²) >= 11 is 5.76. The number of halogens is 1. The molecule has 1 N–H and O–H groups in total. The van der Waals surface area contributed by atoms with Crippen LogP contribution in [0.25, 0.3) is 0 Å². The lowest BCUT2D eigenvalue weighted by Crippen LogP contribution is -2.21. The Morgan fingerprint density at radius 3 is 2.75 bits per heavy atom. The second-order valence-corrected chi connectivity index (χ2v) is 3.18. The number of amides is 1. The van der Waals surface area contributed by atoms with Gasteiger partial charge >= 0.3 is 0 Å². The summed E-state index contributed by atoms with van der Waals surface area (Å²) < 4.78 is 0. The molecule has 0 heterocycles. The molecule has 1 aromatic carbocycles. The Labute approximate surface area is 101 Å². The Morgan fingerprint density at radius 2 is 2.19 bits per heavy atom. The molecule has 4 heteroatoms. The van der Waals surface area contributed by atoms with Crippen LogP contribution >= 0.6 is 11.6 Å². The van der Waals surface area contributed by atoms with Crippen molar-refractivity contribution >= 4 is 17.5 Å². The highest BCUT2D eigenvalue weighted by molar-refractivity contribution is 6.30. The number of carbonyl (C=O) groups is 1. The monoisotopic (exact) mass is 238 g/mol. The minimum Gasteiger partial charge on any atom is -0.351 e. The maximum atomic E-state index is 10.9. The van der Waals surface area contributed by atoms with E-state index in [1.165, 1.54) is 0 Å². The van der Waals surface area contributed by atoms with Crippen molar-refractivity contribution in [3.05, 3.63) is 34.9 Å². The third kappa shape index (κ3) is 6.05. The molecule has 1 amide bonds. The van der Waals surface area contributed by atoms with E-state index in [4.69, 9.17) is 16.9 Å². The highest BCUT2D eigenvalue weighted by Gasteiger charge is 1.99. The average Bonchev–Trinajstić information content (AvgIpc) is 2.30. The first-order valence-corrected chi connectivity index (χ1v) is 5.48. The van der Waals surface area contributed by atoms with Gasteiger partial charge in [0, 0.05) is 11.6 Å². The van der Waals surface area contributed by atoms with Crippen LogP contribution in [0.2, 0.25) is 5.02 Å². The van der Waals surface area contributed by atoms with Crippen molar-refractivity contribution in [3.63, 3.8) is 0 Å². The largest absolute Gasteiger partial charge is 0.351 e. The molecule has 0 saturated carbocycles. The Bertz CT molecular complexity index is 372. The van der Waals surface area contributed by atoms with Crippen molar-refractivity contribution in [1.29, 1.82) is 5.26 Å². The molecule has 0 aliphatic heterocycles. The molecule has 0 aromatic heterocycles. The minimum absolute atomic E-state index is 0.111. The van der Waals surface area contributed by atoms with Crippen LogP contribution in [0.3, 0.4) is 0 Å². The molecule has 0 spiro atoms. The molecule has 0 saturated heterocycles. The molecule has 0 fully saturated rings. The summed E-state index contributed by atoms with van der Waals surface area (Å²) in [6.45, 7) is 4.40. The average molecular weight is 239 g/mol. The Kier molecular flexibility index (Phi) is 7.92. The van der Waals surface area contributed by atoms with Crippen LogP contribution in [0.5, 0.6) is 0 Å². The zero-order valence-corrected chi connectivity index (χ0v) is 10.2. The topological polar surface area (TPSA) is 52.9 Å². The molecule has 0 aliphatic carbocycles. The smallest absolute Gasteiger partial charge is 0.234 e. The number of hydrogen-bond acceptors (Lipinski definition) is 2. The molecule has 0 aliphatic rings. The minimum atomic E-state index is -0.271. The van der Waals surface area contributed by atoms with E-state index in [-0.39, 0.29) is 12.3 Å². The highest BCUT2D eigenvalue weighted by Crippen LogP contribution is 2.10. The van der Waals surface area contributed by atoms with Gasteiger partial charge in [0.05, 0.1) is 6.07 Å². The molecular weight excluding hydrogens is 224 g/mol. The lowest BCUT2D eigenvalue weighted by Gasteiger charge is -2.02. The summed E-state index contributed by atoms with van der Waals surface area (Å²) in [5.74, 6) is -0.271. The molecule has 3 nitrogen and oxygen atoms in total. The van der Waals surface area contributed by atoms with Gasteiger partial charge in [-0.2, -0.15) is 5.26 Å². The summed E-state index contributed by atoms with van der Waals surface area (Å²) in [5, 5.41) is 11.5. The van der Waals surface area contributed by atoms with Gasteiger partial charge in [0.2, 0.25) is 5.91 Å². The van der Waals surface area contributed by atoms with Gasteiger partial charge in [0.25, 0.3) is 0 Å². The van der Waals surface area contributed by atoms with Crippen LogP contribution in [-0.2, 0) is 11.3 Å². The zero-order chi connectivity index (χ0) is 12.4. The van der Waals surface area contributed by atoms with Crippen molar-refractivity contribution in [3.8, 4) is 6.07 Å². The van der Waals surface area contributed by atoms with Crippen LogP contribution in [0.1, 0.15) is 25.8 Å². The van der Waals surface area contributed by atoms with Crippen LogP contribution in [-0.4, -0.2) is 5.91 Å². The third-order valence-corrected chi connectivity index (χ3v) is 1.85. The van der Waals surface area contributed by atoms with E-state index >= 15 is 0 Å². The van der Waals surface area contributed by atoms with Crippen molar-refractivity contribution in [2.24, 2.45) is 0 Å². The quantitative estimate of drug-likeness (QED) is 0.880. The van der Waals surface area contributed by atoms with E-state index < -0.39 is 0 Å². The molecule has 0 bridgehead atoms. The first-order valence-electron chi connectivity index (χ1n) is 5.10. The van der Waals surface area contributed by atoms with Gasteiger partial charge in [-0.1, -0.05) is 37.6 Å². The Hall–Kier alpha value is -1.53. The van der Waals surface area contributed by atoms with E-state index in [0.717, 1.165) is 5.56 Å². The standard InChI is InChI=1S/C10H9ClN2O.C2H6/c11-9-3-1-2-8(6-9)7-13-10(14)4-5-12;1-2/h1-3,6H,4,7H2,(H,13,14);1-2H3. The summed E-state index contributed by atoms with van der Waals surface area (Å²) in [7, 11) is 0. The van der Waals surface area contributed by atoms with Crippen LogP contribution in [0, 0.1) is 11.3 Å². The van der Waals surface area contributed by atoms with Gasteiger partial charge in [0.1, 0.15) is 6.42 Å². The van der Waals surface area contributed by atoms with Gasteiger partial charge in [-0.15, -0.1) is 0 Å². The van der Waals surface area contributed by atoms with Gasteiger partial charge in [-0.3, -0.25) is 4.79 Å². The lowest BCUT2D eigenvalue weighted by atomic mass is 10.2. The Morgan fingerprint density at radius 1 is 1.50 bits per heavy atom. The normalized spacial score (nSPS) is 8.38. The maximum absolute atomic E-state index is 10.9. The fraction of sp³-hybridized carbons (Fsp3) is 0.333. The number of nitrogens with one attached hydrogen (secondary N) is 1. The molecule has 1 rings (SSSR count). The molecule has 86 valence electrons. The molecule has 0 atom stereocenters. The zero-order valence-electron chi connectivity index (χ0n) is 9.46. The Balaban J connectivity index is 0.00000106. The van der Waals surface area contributed by atoms with E-state index in [1.54, 1.807) is 18.2 Å². The lowest BCUT2D eigenvalue weighted by molar-refractivity contribution is -0.120. The van der Waals surface area contributed by atoms with Crippen LogP contribution in [0.4, 0.5) is 0 Å². The van der Waals surface area contributed by atoms with Gasteiger partial charge in [0.15, 0.2) is 0 Å². The van der Waals surface area contributed by atoms with E-state index in [1.807, 2.05) is 26.0 Å². The van der Waals surface area contributed by atoms with Crippen molar-refractivity contribution in [1.82, 2.24) is 5.32 Å². The molecular formula is C12H15ClN2O. The molecule has 0 radical (unpaired) electrons. The van der Waals surface area contributed by atoms with E-state index in [9.17, 15) is 4.79 Å². The van der Waals surface area contributed by atoms with Crippen molar-refractivity contribution in [2.75, 3.05) is 0 Å². The molecule has 0 unspecified atom stereocenters. The fourth-order valence-electron chi connectivity index (χ4n) is 0.982. The maximum Gasteiger partial charge on any atom is 0.234 e. The first-order chi connectivity index (χ1) is 7.72. The summed E-state index contributed by atoms with van der Waals surface area (Å²) in [6.07, 6.45) is -0.111. The predicted molar refractivity (Wildman–Crippen MR) is 64.9 cm³/mol. The highest BCUT2D eigenvalue weighted by atomic mass is 35.5. The van der Waals surface area contributed by atoms with Gasteiger partial charge < -0.3 is 5.32 Å². The number of hydrogen-bond donors (Lipinski definition) is 1. The van der Waals surface area contributed by atoms with E-state index in [0.29, 0.717) is 11.6 Å². The van der Waals surface area contributed by atoms with Gasteiger partial charge in [-0.25, -0.2) is 0 Å². The predicted octanol–water partition coefficient (Wildman–Crippen LogP) is 2.90. The molecule has 16 heavy (non-hydrogen) atoms. The number of rotatable bonds is 3. The van der Waals surface area contributed by atoms with Crippen LogP contribution in [0.15, 0.2) is 24.3 Å². The third-order valence-electron chi connectivity index (χ3n) is 1.62. The summed E-state index contributed by atoms with van der Waals surface area (Å²) in [6, 6.07) is 8.99. The summed E-state index contributed by atoms with van der Waals surface area (Å²) in [4.78, 5) is 10.9. The second kappa shape index (κ2) is 8.75. The van der Waals surface area contributed by atoms with Crippen LogP contribution < -0.4 is 5.32 Å². The van der Waals surface area contributed by atoms with Crippen molar-refractivity contribution in [2.45, 2.75) is 26.8 Å². The molecule has 1 aromatic rings. The first kappa shape index (κ1) is 14.5. The number of nitriles is 1. The van der Waals surface area contributed by atoms with Gasteiger partial charge in [-0.05, 0) is 17.7 Å². The summed E-state index contributed by atoms with van der Waals surface area (Å²) in [5.41, 5.74) is 0.920. The number of benzene rings is 1. The van der Waals surface area contributed by atoms with Crippen molar-refractivity contribution < 1.29 is 4.79 Å². The second-order valence-electron chi connectivity index (χ2n) is 2.74. The van der Waals surface area contributed by atoms with E-state index in [2.05, 4.69) is 5.32 Å². The fourth-order valence-corrected chi connectivity index (χ4v) is 1.19. The number of nitrogens with zero attached hydrogens (tertiary/aromatic N) is 1. The number of carbonyl (C=O) groups excluding carboxylic acids is 1. The SMILES string of the molecule is CC.N#CCC(=O)NCc1cccc(Cl)c1.